The zero-order valence-corrected chi connectivity index (χ0v) is 11.6. The van der Waals surface area contributed by atoms with Gasteiger partial charge in [-0.25, -0.2) is 8.42 Å². The third-order valence-electron chi connectivity index (χ3n) is 2.81. The summed E-state index contributed by atoms with van der Waals surface area (Å²) in [6.45, 7) is 2.76. The van der Waals surface area contributed by atoms with Crippen molar-refractivity contribution in [1.29, 1.82) is 0 Å². The molecule has 0 radical (unpaired) electrons. The van der Waals surface area contributed by atoms with Crippen LogP contribution in [0.4, 0.5) is 5.82 Å². The zero-order chi connectivity index (χ0) is 14.8. The smallest absolute Gasteiger partial charge is 0.363 e. The second-order valence-electron chi connectivity index (χ2n) is 4.55. The van der Waals surface area contributed by atoms with E-state index in [0.29, 0.717) is 0 Å². The van der Waals surface area contributed by atoms with Crippen LogP contribution in [0.15, 0.2) is 23.2 Å². The third kappa shape index (κ3) is 3.06. The number of rotatable bonds is 5. The summed E-state index contributed by atoms with van der Waals surface area (Å²) in [4.78, 5) is 13.0. The van der Waals surface area contributed by atoms with Gasteiger partial charge in [0.05, 0.1) is 12.1 Å². The van der Waals surface area contributed by atoms with Crippen LogP contribution in [0.25, 0.3) is 0 Å². The number of nitrogens with zero attached hydrogens (tertiary/aromatic N) is 3. The predicted molar refractivity (Wildman–Crippen MR) is 67.0 cm³/mol. The second-order valence-corrected chi connectivity index (χ2v) is 6.52. The number of sulfonamides is 1. The number of likely N-dealkylation sites (N-methyl/N-ethyl adjacent to an activating group) is 1. The summed E-state index contributed by atoms with van der Waals surface area (Å²) in [6, 6.07) is 2.14. The summed E-state index contributed by atoms with van der Waals surface area (Å²) in [5, 5.41) is 19.6. The highest BCUT2D eigenvalue weighted by molar-refractivity contribution is 7.89. The molecule has 0 spiro atoms. The van der Waals surface area contributed by atoms with Gasteiger partial charge in [-0.3, -0.25) is 0 Å². The first kappa shape index (κ1) is 15.5. The molecular weight excluding hydrogens is 274 g/mol. The molecule has 106 valence electrons. The number of aliphatic hydroxyl groups is 1. The Morgan fingerprint density at radius 3 is 2.42 bits per heavy atom. The van der Waals surface area contributed by atoms with E-state index in [1.807, 2.05) is 0 Å². The molecule has 9 heteroatoms. The van der Waals surface area contributed by atoms with E-state index in [9.17, 15) is 23.6 Å². The minimum atomic E-state index is -3.86. The van der Waals surface area contributed by atoms with Crippen molar-refractivity contribution in [3.63, 3.8) is 0 Å². The van der Waals surface area contributed by atoms with E-state index < -0.39 is 26.3 Å². The number of hydrogen-bond acceptors (Lipinski definition) is 6. The fraction of sp³-hybridized carbons (Fsp3) is 0.500. The van der Waals surface area contributed by atoms with Gasteiger partial charge >= 0.3 is 5.82 Å². The largest absolute Gasteiger partial charge is 0.394 e. The highest BCUT2D eigenvalue weighted by Crippen LogP contribution is 2.22. The van der Waals surface area contributed by atoms with Gasteiger partial charge in [0.2, 0.25) is 10.0 Å². The van der Waals surface area contributed by atoms with Crippen molar-refractivity contribution in [3.8, 4) is 0 Å². The molecule has 0 aliphatic carbocycles. The van der Waals surface area contributed by atoms with E-state index in [4.69, 9.17) is 0 Å². The molecule has 0 amide bonds. The van der Waals surface area contributed by atoms with Gasteiger partial charge in [0.1, 0.15) is 4.90 Å². The molecule has 0 atom stereocenters. The summed E-state index contributed by atoms with van der Waals surface area (Å²) in [6.07, 6.45) is 0.928. The molecule has 0 aliphatic rings. The lowest BCUT2D eigenvalue weighted by molar-refractivity contribution is -0.389. The average Bonchev–Trinajstić information content (AvgIpc) is 2.37. The van der Waals surface area contributed by atoms with Crippen LogP contribution in [0.5, 0.6) is 0 Å². The van der Waals surface area contributed by atoms with E-state index >= 15 is 0 Å². The summed E-state index contributed by atoms with van der Waals surface area (Å²) in [7, 11) is -2.54. The van der Waals surface area contributed by atoms with Gasteiger partial charge in [0.15, 0.2) is 6.20 Å². The lowest BCUT2D eigenvalue weighted by Crippen LogP contribution is -2.47. The molecule has 8 nitrogen and oxygen atoms in total. The Hall–Kier alpha value is -1.58. The lowest BCUT2D eigenvalue weighted by atomic mass is 10.1. The fourth-order valence-corrected chi connectivity index (χ4v) is 2.67. The summed E-state index contributed by atoms with van der Waals surface area (Å²) in [5.41, 5.74) is -0.986. The quantitative estimate of drug-likeness (QED) is 0.619. The van der Waals surface area contributed by atoms with Crippen LogP contribution in [-0.2, 0) is 10.0 Å². The van der Waals surface area contributed by atoms with E-state index in [0.717, 1.165) is 22.6 Å². The number of aliphatic hydroxyl groups excluding tert-OH is 1. The minimum Gasteiger partial charge on any atom is -0.394 e. The Balaban J connectivity index is 3.17. The maximum atomic E-state index is 12.2. The van der Waals surface area contributed by atoms with Crippen molar-refractivity contribution in [1.82, 2.24) is 9.29 Å². The van der Waals surface area contributed by atoms with E-state index in [1.165, 1.54) is 7.05 Å². The molecule has 1 rings (SSSR count). The zero-order valence-electron chi connectivity index (χ0n) is 10.8. The summed E-state index contributed by atoms with van der Waals surface area (Å²) in [5.74, 6) is -0.428. The molecule has 1 aromatic rings. The standard InChI is InChI=1S/C10H15N3O5S/c1-10(2,7-14)12(3)19(17,18)8-4-5-9(11-6-8)13(15)16/h4-6,14H,7H2,1-3H3. The Morgan fingerprint density at radius 1 is 1.47 bits per heavy atom. The highest BCUT2D eigenvalue weighted by atomic mass is 32.2. The molecule has 0 aliphatic heterocycles. The number of pyridine rings is 1. The van der Waals surface area contributed by atoms with Crippen molar-refractivity contribution in [2.45, 2.75) is 24.3 Å². The fourth-order valence-electron chi connectivity index (χ4n) is 1.22. The molecule has 19 heavy (non-hydrogen) atoms. The average molecular weight is 289 g/mol. The van der Waals surface area contributed by atoms with E-state index in [-0.39, 0.29) is 11.5 Å². The van der Waals surface area contributed by atoms with Crippen molar-refractivity contribution in [2.24, 2.45) is 0 Å². The van der Waals surface area contributed by atoms with Crippen LogP contribution < -0.4 is 0 Å². The maximum absolute atomic E-state index is 12.2. The molecule has 0 fully saturated rings. The number of aromatic nitrogens is 1. The van der Waals surface area contributed by atoms with E-state index in [1.54, 1.807) is 13.8 Å². The third-order valence-corrected chi connectivity index (χ3v) is 4.86. The van der Waals surface area contributed by atoms with Crippen molar-refractivity contribution in [3.05, 3.63) is 28.4 Å². The van der Waals surface area contributed by atoms with Crippen molar-refractivity contribution >= 4 is 15.8 Å². The summed E-state index contributed by atoms with van der Waals surface area (Å²) >= 11 is 0. The second kappa shape index (κ2) is 5.19. The van der Waals surface area contributed by atoms with Gasteiger partial charge in [0.25, 0.3) is 0 Å². The monoisotopic (exact) mass is 289 g/mol. The molecular formula is C10H15N3O5S. The van der Waals surface area contributed by atoms with Crippen LogP contribution in [0.1, 0.15) is 13.8 Å². The van der Waals surface area contributed by atoms with Crippen molar-refractivity contribution in [2.75, 3.05) is 13.7 Å². The summed E-state index contributed by atoms with van der Waals surface area (Å²) < 4.78 is 25.5. The molecule has 1 heterocycles. The molecule has 0 unspecified atom stereocenters. The van der Waals surface area contributed by atoms with E-state index in [2.05, 4.69) is 4.98 Å². The van der Waals surface area contributed by atoms with Gasteiger partial charge in [-0.1, -0.05) is 0 Å². The highest BCUT2D eigenvalue weighted by Gasteiger charge is 2.34. The molecule has 0 saturated carbocycles. The molecule has 0 saturated heterocycles. The Morgan fingerprint density at radius 2 is 2.05 bits per heavy atom. The Bertz CT molecular complexity index is 567. The lowest BCUT2D eigenvalue weighted by Gasteiger charge is -2.32. The Labute approximate surface area is 110 Å². The Kier molecular flexibility index (Phi) is 4.23. The van der Waals surface area contributed by atoms with Crippen LogP contribution in [-0.4, -0.2) is 46.9 Å². The SMILES string of the molecule is CN(C(C)(C)CO)S(=O)(=O)c1ccc([N+](=O)[O-])nc1. The van der Waals surface area contributed by atoms with Crippen LogP contribution >= 0.6 is 0 Å². The first-order valence-corrected chi connectivity index (χ1v) is 6.77. The topological polar surface area (TPSA) is 114 Å². The van der Waals surface area contributed by atoms with Gasteiger partial charge in [-0.2, -0.15) is 4.31 Å². The van der Waals surface area contributed by atoms with Crippen LogP contribution in [0.3, 0.4) is 0 Å². The maximum Gasteiger partial charge on any atom is 0.363 e. The van der Waals surface area contributed by atoms with Crippen molar-refractivity contribution < 1.29 is 18.4 Å². The number of nitro groups is 1. The predicted octanol–water partition coefficient (Wildman–Crippen LogP) is 0.381. The number of hydrogen-bond donors (Lipinski definition) is 1. The van der Waals surface area contributed by atoms with Gasteiger partial charge in [-0.05, 0) is 29.8 Å². The van der Waals surface area contributed by atoms with Gasteiger partial charge in [0, 0.05) is 13.1 Å². The molecule has 1 N–H and O–H groups in total. The van der Waals surface area contributed by atoms with Crippen LogP contribution in [0.2, 0.25) is 0 Å². The molecule has 0 bridgehead atoms. The first-order chi connectivity index (χ1) is 8.63. The van der Waals surface area contributed by atoms with Crippen LogP contribution in [0, 0.1) is 10.1 Å². The van der Waals surface area contributed by atoms with Gasteiger partial charge < -0.3 is 15.2 Å². The van der Waals surface area contributed by atoms with Gasteiger partial charge in [-0.15, -0.1) is 0 Å². The minimum absolute atomic E-state index is 0.165. The molecule has 1 aromatic heterocycles. The first-order valence-electron chi connectivity index (χ1n) is 5.33. The normalized spacial score (nSPS) is 12.7. The molecule has 0 aromatic carbocycles.